The van der Waals surface area contributed by atoms with Gasteiger partial charge >= 0.3 is 5.97 Å². The number of rotatable bonds is 3. The topological polar surface area (TPSA) is 74.8 Å². The van der Waals surface area contributed by atoms with Crippen LogP contribution in [0.1, 0.15) is 21.7 Å². The lowest BCUT2D eigenvalue weighted by molar-refractivity contribution is 0.0689. The zero-order chi connectivity index (χ0) is 14.1. The second kappa shape index (κ2) is 4.70. The number of pyridine rings is 1. The van der Waals surface area contributed by atoms with Crippen LogP contribution in [0.25, 0.3) is 5.65 Å². The number of para-hydroxylation sites is 1. The number of hydrogen-bond donors (Lipinski definition) is 2. The van der Waals surface area contributed by atoms with Gasteiger partial charge in [-0.1, -0.05) is 24.3 Å². The molecule has 0 unspecified atom stereocenters. The summed E-state index contributed by atoms with van der Waals surface area (Å²) < 4.78 is 1.54. The number of carboxylic acid groups (broad SMARTS) is 1. The minimum absolute atomic E-state index is 0.165. The Hall–Kier alpha value is -2.82. The zero-order valence-corrected chi connectivity index (χ0v) is 10.5. The third-order valence-corrected chi connectivity index (χ3v) is 3.12. The summed E-state index contributed by atoms with van der Waals surface area (Å²) in [7, 11) is 0. The van der Waals surface area contributed by atoms with Crippen molar-refractivity contribution in [2.75, 3.05) is 0 Å². The molecule has 0 aliphatic rings. The highest BCUT2D eigenvalue weighted by Gasteiger charge is 2.11. The molecule has 0 amide bonds. The molecule has 0 atom stereocenters. The van der Waals surface area contributed by atoms with Gasteiger partial charge in [-0.15, -0.1) is 0 Å². The summed E-state index contributed by atoms with van der Waals surface area (Å²) in [6.07, 6.45) is 2.14. The van der Waals surface area contributed by atoms with E-state index in [1.165, 1.54) is 10.5 Å². The number of carbonyl (C=O) groups is 1. The molecule has 0 saturated heterocycles. The molecule has 0 saturated carbocycles. The van der Waals surface area contributed by atoms with E-state index < -0.39 is 5.97 Å². The van der Waals surface area contributed by atoms with Crippen molar-refractivity contribution in [2.24, 2.45) is 0 Å². The van der Waals surface area contributed by atoms with Crippen LogP contribution >= 0.6 is 0 Å². The largest absolute Gasteiger partial charge is 0.508 e. The van der Waals surface area contributed by atoms with Crippen molar-refractivity contribution in [3.05, 3.63) is 65.6 Å². The highest BCUT2D eigenvalue weighted by Crippen LogP contribution is 2.20. The number of nitrogens with zero attached hydrogens (tertiary/aromatic N) is 2. The number of hydrogen-bond acceptors (Lipinski definition) is 3. The lowest BCUT2D eigenvalue weighted by atomic mass is 10.1. The maximum atomic E-state index is 11.1. The summed E-state index contributed by atoms with van der Waals surface area (Å²) in [5, 5.41) is 18.9. The van der Waals surface area contributed by atoms with E-state index in [0.717, 1.165) is 5.56 Å². The van der Waals surface area contributed by atoms with Crippen molar-refractivity contribution in [2.45, 2.75) is 6.42 Å². The van der Waals surface area contributed by atoms with E-state index in [1.807, 2.05) is 12.1 Å². The van der Waals surface area contributed by atoms with Gasteiger partial charge in [0.1, 0.15) is 17.1 Å². The molecule has 5 nitrogen and oxygen atoms in total. The van der Waals surface area contributed by atoms with Gasteiger partial charge in [0.05, 0.1) is 5.69 Å². The number of imidazole rings is 1. The molecule has 0 aliphatic heterocycles. The predicted molar refractivity (Wildman–Crippen MR) is 73.1 cm³/mol. The molecule has 0 radical (unpaired) electrons. The molecule has 3 rings (SSSR count). The summed E-state index contributed by atoms with van der Waals surface area (Å²) in [5.41, 5.74) is 2.21. The summed E-state index contributed by atoms with van der Waals surface area (Å²) in [6.45, 7) is 0. The molecule has 2 aromatic heterocycles. The van der Waals surface area contributed by atoms with Gasteiger partial charge < -0.3 is 10.2 Å². The van der Waals surface area contributed by atoms with Crippen LogP contribution in [-0.4, -0.2) is 25.6 Å². The van der Waals surface area contributed by atoms with Gasteiger partial charge in [-0.25, -0.2) is 9.78 Å². The molecule has 0 bridgehead atoms. The lowest BCUT2D eigenvalue weighted by Gasteiger charge is -2.00. The fourth-order valence-corrected chi connectivity index (χ4v) is 2.18. The Morgan fingerprint density at radius 3 is 2.70 bits per heavy atom. The van der Waals surface area contributed by atoms with Gasteiger partial charge in [0.25, 0.3) is 0 Å². The average Bonchev–Trinajstić information content (AvgIpc) is 2.83. The Morgan fingerprint density at radius 1 is 1.15 bits per heavy atom. The third-order valence-electron chi connectivity index (χ3n) is 3.12. The molecule has 3 aromatic rings. The van der Waals surface area contributed by atoms with Crippen LogP contribution in [0.4, 0.5) is 0 Å². The van der Waals surface area contributed by atoms with Crippen LogP contribution in [0.5, 0.6) is 5.75 Å². The Morgan fingerprint density at radius 2 is 1.95 bits per heavy atom. The van der Waals surface area contributed by atoms with E-state index in [0.29, 0.717) is 17.8 Å². The minimum atomic E-state index is -0.998. The Kier molecular flexibility index (Phi) is 2.87. The molecule has 2 heterocycles. The van der Waals surface area contributed by atoms with Gasteiger partial charge in [-0.3, -0.25) is 4.40 Å². The molecular weight excluding hydrogens is 256 g/mol. The summed E-state index contributed by atoms with van der Waals surface area (Å²) >= 11 is 0. The maximum absolute atomic E-state index is 11.1. The number of phenols is 1. The first kappa shape index (κ1) is 12.2. The minimum Gasteiger partial charge on any atom is -0.508 e. The van der Waals surface area contributed by atoms with Crippen molar-refractivity contribution in [1.82, 2.24) is 9.38 Å². The van der Waals surface area contributed by atoms with E-state index in [-0.39, 0.29) is 11.4 Å². The van der Waals surface area contributed by atoms with E-state index in [1.54, 1.807) is 30.5 Å². The van der Waals surface area contributed by atoms with Crippen molar-refractivity contribution >= 4 is 11.6 Å². The lowest BCUT2D eigenvalue weighted by Crippen LogP contribution is -2.03. The average molecular weight is 268 g/mol. The number of fused-ring (bicyclic) bond motifs is 1. The van der Waals surface area contributed by atoms with Crippen molar-refractivity contribution in [3.8, 4) is 5.75 Å². The number of aromatic carboxylic acids is 1. The third kappa shape index (κ3) is 2.09. The second-order valence-corrected chi connectivity index (χ2v) is 4.48. The SMILES string of the molecule is O=C(O)c1cccc2nc(Cc3ccccc3O)cn12. The summed E-state index contributed by atoms with van der Waals surface area (Å²) in [6, 6.07) is 12.0. The van der Waals surface area contributed by atoms with Crippen LogP contribution < -0.4 is 0 Å². The smallest absolute Gasteiger partial charge is 0.352 e. The quantitative estimate of drug-likeness (QED) is 0.764. The number of carboxylic acids is 1. The van der Waals surface area contributed by atoms with Gasteiger partial charge in [-0.2, -0.15) is 0 Å². The molecule has 0 spiro atoms. The molecule has 2 N–H and O–H groups in total. The number of phenolic OH excluding ortho intramolecular Hbond substituents is 1. The van der Waals surface area contributed by atoms with Crippen LogP contribution in [0, 0.1) is 0 Å². The Labute approximate surface area is 114 Å². The Bertz CT molecular complexity index is 793. The van der Waals surface area contributed by atoms with Gasteiger partial charge in [0, 0.05) is 12.6 Å². The molecule has 0 fully saturated rings. The second-order valence-electron chi connectivity index (χ2n) is 4.48. The molecule has 0 aliphatic carbocycles. The van der Waals surface area contributed by atoms with Gasteiger partial charge in [0.2, 0.25) is 0 Å². The molecule has 1 aromatic carbocycles. The van der Waals surface area contributed by atoms with Crippen LogP contribution in [0.3, 0.4) is 0 Å². The summed E-state index contributed by atoms with van der Waals surface area (Å²) in [5.74, 6) is -0.787. The first-order valence-corrected chi connectivity index (χ1v) is 6.12. The first-order valence-electron chi connectivity index (χ1n) is 6.12. The molecule has 100 valence electrons. The van der Waals surface area contributed by atoms with E-state index in [4.69, 9.17) is 5.11 Å². The first-order chi connectivity index (χ1) is 9.65. The monoisotopic (exact) mass is 268 g/mol. The van der Waals surface area contributed by atoms with Crippen molar-refractivity contribution in [1.29, 1.82) is 0 Å². The normalized spacial score (nSPS) is 10.8. The summed E-state index contributed by atoms with van der Waals surface area (Å²) in [4.78, 5) is 15.5. The standard InChI is InChI=1S/C15H12N2O3/c18-13-6-2-1-4-10(13)8-11-9-17-12(15(19)20)5-3-7-14(17)16-11/h1-7,9,18H,8H2,(H,19,20). The van der Waals surface area contributed by atoms with Crippen LogP contribution in [0.2, 0.25) is 0 Å². The molecular formula is C15H12N2O3. The van der Waals surface area contributed by atoms with Crippen LogP contribution in [0.15, 0.2) is 48.7 Å². The highest BCUT2D eigenvalue weighted by atomic mass is 16.4. The van der Waals surface area contributed by atoms with Crippen molar-refractivity contribution in [3.63, 3.8) is 0 Å². The van der Waals surface area contributed by atoms with Crippen molar-refractivity contribution < 1.29 is 15.0 Å². The number of aromatic nitrogens is 2. The van der Waals surface area contributed by atoms with E-state index >= 15 is 0 Å². The molecule has 5 heteroatoms. The van der Waals surface area contributed by atoms with E-state index in [2.05, 4.69) is 4.98 Å². The maximum Gasteiger partial charge on any atom is 0.352 e. The fourth-order valence-electron chi connectivity index (χ4n) is 2.18. The van der Waals surface area contributed by atoms with E-state index in [9.17, 15) is 9.90 Å². The highest BCUT2D eigenvalue weighted by molar-refractivity contribution is 5.86. The fraction of sp³-hybridized carbons (Fsp3) is 0.0667. The van der Waals surface area contributed by atoms with Crippen LogP contribution in [-0.2, 0) is 6.42 Å². The number of benzene rings is 1. The van der Waals surface area contributed by atoms with Gasteiger partial charge in [-0.05, 0) is 23.8 Å². The molecule has 20 heavy (non-hydrogen) atoms. The Balaban J connectivity index is 2.04. The van der Waals surface area contributed by atoms with Gasteiger partial charge in [0.15, 0.2) is 0 Å². The number of aromatic hydroxyl groups is 1. The predicted octanol–water partition coefficient (Wildman–Crippen LogP) is 2.33. The zero-order valence-electron chi connectivity index (χ0n) is 10.5.